The SMILES string of the molecule is CCCCNC(=O)C1C(=O)N(c2cccc(C(F)(F)F)c2)C(C)=C(C#N)C1c1ccc(C#N)cc1. The molecule has 0 saturated heterocycles. The summed E-state index contributed by atoms with van der Waals surface area (Å²) >= 11 is 0. The first-order valence-corrected chi connectivity index (χ1v) is 11.0. The van der Waals surface area contributed by atoms with Crippen molar-refractivity contribution in [1.82, 2.24) is 5.32 Å². The standard InChI is InChI=1S/C26H23F3N4O2/c1-3-4-12-32-24(34)23-22(18-10-8-17(14-30)9-11-18)21(15-31)16(2)33(25(23)35)20-7-5-6-19(13-20)26(27,28)29/h5-11,13,22-23H,3-4,12H2,1-2H3,(H,32,34). The first-order chi connectivity index (χ1) is 16.6. The van der Waals surface area contributed by atoms with Gasteiger partial charge in [-0.1, -0.05) is 31.5 Å². The molecule has 180 valence electrons. The molecule has 3 rings (SSSR count). The van der Waals surface area contributed by atoms with Crippen molar-refractivity contribution in [2.45, 2.75) is 38.8 Å². The van der Waals surface area contributed by atoms with Gasteiger partial charge in [-0.05, 0) is 49.2 Å². The average Bonchev–Trinajstić information content (AvgIpc) is 2.83. The minimum atomic E-state index is -4.63. The Morgan fingerprint density at radius 2 is 1.80 bits per heavy atom. The van der Waals surface area contributed by atoms with Crippen molar-refractivity contribution in [2.24, 2.45) is 5.92 Å². The lowest BCUT2D eigenvalue weighted by molar-refractivity contribution is -0.138. The lowest BCUT2D eigenvalue weighted by Crippen LogP contribution is -2.50. The van der Waals surface area contributed by atoms with Gasteiger partial charge >= 0.3 is 6.18 Å². The molecule has 0 aliphatic carbocycles. The number of hydrogen-bond acceptors (Lipinski definition) is 4. The molecule has 1 aliphatic rings. The average molecular weight is 480 g/mol. The van der Waals surface area contributed by atoms with Crippen LogP contribution in [0.1, 0.15) is 49.3 Å². The number of nitrogens with zero attached hydrogens (tertiary/aromatic N) is 3. The summed E-state index contributed by atoms with van der Waals surface area (Å²) in [5.41, 5.74) is 0.0374. The fourth-order valence-electron chi connectivity index (χ4n) is 4.14. The van der Waals surface area contributed by atoms with Crippen LogP contribution in [-0.2, 0) is 15.8 Å². The number of hydrogen-bond donors (Lipinski definition) is 1. The fraction of sp³-hybridized carbons (Fsp3) is 0.308. The summed E-state index contributed by atoms with van der Waals surface area (Å²) in [6.45, 7) is 3.72. The number of unbranched alkanes of at least 4 members (excludes halogenated alkanes) is 1. The third-order valence-electron chi connectivity index (χ3n) is 5.92. The first kappa shape index (κ1) is 25.5. The maximum Gasteiger partial charge on any atom is 0.416 e. The molecule has 2 aromatic rings. The zero-order valence-corrected chi connectivity index (χ0v) is 19.2. The van der Waals surface area contributed by atoms with E-state index in [9.17, 15) is 28.0 Å². The number of nitriles is 2. The number of carbonyl (C=O) groups is 2. The molecule has 0 saturated carbocycles. The predicted octanol–water partition coefficient (Wildman–Crippen LogP) is 5.04. The predicted molar refractivity (Wildman–Crippen MR) is 123 cm³/mol. The van der Waals surface area contributed by atoms with E-state index in [4.69, 9.17) is 5.26 Å². The highest BCUT2D eigenvalue weighted by Crippen LogP contribution is 2.43. The highest BCUT2D eigenvalue weighted by Gasteiger charge is 2.46. The van der Waals surface area contributed by atoms with Crippen LogP contribution in [0.4, 0.5) is 18.9 Å². The van der Waals surface area contributed by atoms with E-state index < -0.39 is 35.4 Å². The molecular weight excluding hydrogens is 457 g/mol. The first-order valence-electron chi connectivity index (χ1n) is 11.0. The lowest BCUT2D eigenvalue weighted by Gasteiger charge is -2.38. The second kappa shape index (κ2) is 10.4. The Labute approximate surface area is 201 Å². The van der Waals surface area contributed by atoms with Crippen LogP contribution in [0.2, 0.25) is 0 Å². The van der Waals surface area contributed by atoms with Crippen LogP contribution in [0.3, 0.4) is 0 Å². The third-order valence-corrected chi connectivity index (χ3v) is 5.92. The highest BCUT2D eigenvalue weighted by molar-refractivity contribution is 6.12. The molecule has 9 heteroatoms. The van der Waals surface area contributed by atoms with Gasteiger partial charge < -0.3 is 5.32 Å². The van der Waals surface area contributed by atoms with Crippen LogP contribution in [0.5, 0.6) is 0 Å². The molecule has 0 spiro atoms. The van der Waals surface area contributed by atoms with E-state index in [1.165, 1.54) is 31.2 Å². The molecule has 0 aromatic heterocycles. The van der Waals surface area contributed by atoms with Gasteiger partial charge in [-0.15, -0.1) is 0 Å². The van der Waals surface area contributed by atoms with Crippen molar-refractivity contribution in [3.63, 3.8) is 0 Å². The summed E-state index contributed by atoms with van der Waals surface area (Å²) in [4.78, 5) is 28.0. The molecule has 1 heterocycles. The van der Waals surface area contributed by atoms with E-state index in [0.717, 1.165) is 23.5 Å². The summed E-state index contributed by atoms with van der Waals surface area (Å²) < 4.78 is 40.0. The number of alkyl halides is 3. The number of allylic oxidation sites excluding steroid dienone is 2. The van der Waals surface area contributed by atoms with Crippen LogP contribution in [0.15, 0.2) is 59.8 Å². The van der Waals surface area contributed by atoms with Gasteiger partial charge in [0.25, 0.3) is 0 Å². The minimum absolute atomic E-state index is 0.0836. The van der Waals surface area contributed by atoms with Crippen LogP contribution in [0.25, 0.3) is 0 Å². The molecule has 2 unspecified atom stereocenters. The second-order valence-electron chi connectivity index (χ2n) is 8.17. The number of carbonyl (C=O) groups excluding carboxylic acids is 2. The number of anilines is 1. The topological polar surface area (TPSA) is 97.0 Å². The molecule has 6 nitrogen and oxygen atoms in total. The molecule has 2 atom stereocenters. The van der Waals surface area contributed by atoms with E-state index in [1.54, 1.807) is 12.1 Å². The van der Waals surface area contributed by atoms with E-state index in [-0.39, 0.29) is 17.0 Å². The van der Waals surface area contributed by atoms with Gasteiger partial charge in [-0.2, -0.15) is 23.7 Å². The Morgan fingerprint density at radius 3 is 2.37 bits per heavy atom. The second-order valence-corrected chi connectivity index (χ2v) is 8.17. The Kier molecular flexibility index (Phi) is 7.61. The van der Waals surface area contributed by atoms with Crippen molar-refractivity contribution >= 4 is 17.5 Å². The number of rotatable bonds is 6. The highest BCUT2D eigenvalue weighted by atomic mass is 19.4. The monoisotopic (exact) mass is 480 g/mol. The fourth-order valence-corrected chi connectivity index (χ4v) is 4.14. The van der Waals surface area contributed by atoms with Crippen molar-refractivity contribution in [3.8, 4) is 12.1 Å². The van der Waals surface area contributed by atoms with Gasteiger partial charge in [-0.25, -0.2) is 0 Å². The van der Waals surface area contributed by atoms with Crippen LogP contribution in [0, 0.1) is 28.6 Å². The zero-order chi connectivity index (χ0) is 25.8. The molecule has 0 radical (unpaired) electrons. The summed E-state index contributed by atoms with van der Waals surface area (Å²) in [6.07, 6.45) is -3.16. The Balaban J connectivity index is 2.18. The molecule has 1 aliphatic heterocycles. The van der Waals surface area contributed by atoms with Gasteiger partial charge in [0.15, 0.2) is 0 Å². The van der Waals surface area contributed by atoms with Gasteiger partial charge in [0.2, 0.25) is 11.8 Å². The van der Waals surface area contributed by atoms with Crippen molar-refractivity contribution in [2.75, 3.05) is 11.4 Å². The maximum atomic E-state index is 13.7. The smallest absolute Gasteiger partial charge is 0.355 e. The summed E-state index contributed by atoms with van der Waals surface area (Å²) in [6, 6.07) is 14.5. The van der Waals surface area contributed by atoms with E-state index in [2.05, 4.69) is 11.4 Å². The third kappa shape index (κ3) is 5.20. The Hall–Kier alpha value is -4.11. The molecule has 0 bridgehead atoms. The largest absolute Gasteiger partial charge is 0.416 e. The normalized spacial score (nSPS) is 18.1. The van der Waals surface area contributed by atoms with Crippen LogP contribution < -0.4 is 10.2 Å². The quantitative estimate of drug-likeness (QED) is 0.463. The lowest BCUT2D eigenvalue weighted by atomic mass is 9.75. The number of benzene rings is 2. The van der Waals surface area contributed by atoms with Crippen molar-refractivity contribution in [1.29, 1.82) is 10.5 Å². The molecule has 35 heavy (non-hydrogen) atoms. The number of nitrogens with one attached hydrogen (secondary N) is 1. The van der Waals surface area contributed by atoms with Crippen molar-refractivity contribution < 1.29 is 22.8 Å². The maximum absolute atomic E-state index is 13.7. The molecule has 2 amide bonds. The van der Waals surface area contributed by atoms with Crippen LogP contribution in [-0.4, -0.2) is 18.4 Å². The Morgan fingerprint density at radius 1 is 1.11 bits per heavy atom. The molecular formula is C26H23F3N4O2. The van der Waals surface area contributed by atoms with E-state index in [1.807, 2.05) is 13.0 Å². The van der Waals surface area contributed by atoms with Crippen LogP contribution >= 0.6 is 0 Å². The zero-order valence-electron chi connectivity index (χ0n) is 19.2. The van der Waals surface area contributed by atoms with Gasteiger partial charge in [0.05, 0.1) is 28.8 Å². The number of halogens is 3. The number of amides is 2. The van der Waals surface area contributed by atoms with Crippen molar-refractivity contribution in [3.05, 3.63) is 76.5 Å². The Bertz CT molecular complexity index is 1240. The summed E-state index contributed by atoms with van der Waals surface area (Å²) in [7, 11) is 0. The van der Waals surface area contributed by atoms with E-state index >= 15 is 0 Å². The molecule has 0 fully saturated rings. The summed E-state index contributed by atoms with van der Waals surface area (Å²) in [5, 5.41) is 21.9. The van der Waals surface area contributed by atoms with E-state index in [0.29, 0.717) is 24.1 Å². The van der Waals surface area contributed by atoms with Gasteiger partial charge in [0, 0.05) is 23.8 Å². The van der Waals surface area contributed by atoms with Gasteiger partial charge in [0.1, 0.15) is 5.92 Å². The summed E-state index contributed by atoms with van der Waals surface area (Å²) in [5.74, 6) is -3.68. The van der Waals surface area contributed by atoms with Gasteiger partial charge in [-0.3, -0.25) is 14.5 Å². The molecule has 2 aromatic carbocycles. The molecule has 1 N–H and O–H groups in total. The minimum Gasteiger partial charge on any atom is -0.355 e.